The summed E-state index contributed by atoms with van der Waals surface area (Å²) in [5.41, 5.74) is 14.3. The van der Waals surface area contributed by atoms with Crippen molar-refractivity contribution in [3.8, 4) is 73.0 Å². The van der Waals surface area contributed by atoms with Gasteiger partial charge >= 0.3 is 0 Å². The molecule has 16 aromatic rings. The summed E-state index contributed by atoms with van der Waals surface area (Å²) in [7, 11) is -6.95. The van der Waals surface area contributed by atoms with Gasteiger partial charge in [0.15, 0.2) is 22.0 Å². The van der Waals surface area contributed by atoms with Crippen molar-refractivity contribution < 1.29 is 0 Å². The Kier molecular flexibility index (Phi) is 15.0. The van der Waals surface area contributed by atoms with Crippen LogP contribution >= 0.6 is 0 Å². The Bertz CT molecular complexity index is 4790. The first-order valence-electron chi connectivity index (χ1n) is 31.9. The summed E-state index contributed by atoms with van der Waals surface area (Å²) < 4.78 is 2.34. The molecule has 0 atom stereocenters. The zero-order valence-electron chi connectivity index (χ0n) is 51.2. The number of hydrogen-bond donors (Lipinski definition) is 0. The Morgan fingerprint density at radius 1 is 0.194 bits per heavy atom. The van der Waals surface area contributed by atoms with Gasteiger partial charge in [0.05, 0.1) is 16.7 Å². The third kappa shape index (κ3) is 10.4. The quantitative estimate of drug-likeness (QED) is 0.0756. The van der Waals surface area contributed by atoms with Gasteiger partial charge in [0.2, 0.25) is 0 Å². The second kappa shape index (κ2) is 24.6. The number of benzene rings is 14. The summed E-state index contributed by atoms with van der Waals surface area (Å²) in [6, 6.07) is 142. The van der Waals surface area contributed by atoms with Gasteiger partial charge in [-0.05, 0) is 98.1 Å². The first-order chi connectivity index (χ1) is 46.1. The van der Waals surface area contributed by atoms with E-state index in [0.717, 1.165) is 33.7 Å². The second-order valence-electron chi connectivity index (χ2n) is 24.0. The molecule has 93 heavy (non-hydrogen) atoms. The molecule has 0 radical (unpaired) electrons. The number of fused-ring (bicyclic) bond motifs is 3. The second-order valence-corrected chi connectivity index (χ2v) is 31.6. The predicted octanol–water partition coefficient (Wildman–Crippen LogP) is 16.3. The maximum Gasteiger partial charge on any atom is 0.179 e. The Hall–Kier alpha value is -11.6. The van der Waals surface area contributed by atoms with Crippen LogP contribution in [-0.2, 0) is 0 Å². The topological polar surface area (TPSA) is 30.7 Å². The third-order valence-electron chi connectivity index (χ3n) is 18.8. The van der Waals surface area contributed by atoms with Crippen LogP contribution in [0.5, 0.6) is 0 Å². The van der Waals surface area contributed by atoms with Crippen LogP contribution < -0.4 is 41.5 Å². The minimum absolute atomic E-state index is 0.649. The first kappa shape index (κ1) is 56.6. The lowest BCUT2D eigenvalue weighted by Crippen LogP contribution is -2.78. The third-order valence-corrected chi connectivity index (χ3v) is 28.3. The van der Waals surface area contributed by atoms with Crippen LogP contribution in [0.3, 0.4) is 0 Å². The van der Waals surface area contributed by atoms with E-state index in [4.69, 9.17) is 9.97 Å². The fourth-order valence-corrected chi connectivity index (χ4v) is 24.0. The van der Waals surface area contributed by atoms with Crippen molar-refractivity contribution in [3.05, 3.63) is 382 Å². The largest absolute Gasteiger partial charge is 0.294 e. The van der Waals surface area contributed by atoms with Crippen LogP contribution in [0.25, 0.3) is 94.8 Å². The molecule has 0 N–H and O–H groups in total. The molecule has 0 saturated carbocycles. The van der Waals surface area contributed by atoms with E-state index >= 15 is 0 Å². The van der Waals surface area contributed by atoms with Crippen molar-refractivity contribution in [2.75, 3.05) is 0 Å². The molecule has 5 heteroatoms. The van der Waals surface area contributed by atoms with E-state index in [1.165, 1.54) is 96.8 Å². The zero-order chi connectivity index (χ0) is 62.0. The molecule has 0 bridgehead atoms. The van der Waals surface area contributed by atoms with Crippen molar-refractivity contribution >= 4 is 79.4 Å². The van der Waals surface area contributed by atoms with Gasteiger partial charge in [-0.1, -0.05) is 364 Å². The van der Waals surface area contributed by atoms with E-state index in [9.17, 15) is 0 Å². The lowest BCUT2D eigenvalue weighted by molar-refractivity contribution is 1.05. The predicted molar refractivity (Wildman–Crippen MR) is 396 cm³/mol. The van der Waals surface area contributed by atoms with Crippen LogP contribution in [0.4, 0.5) is 0 Å². The molecule has 0 aliphatic heterocycles. The van der Waals surface area contributed by atoms with Crippen molar-refractivity contribution in [2.45, 2.75) is 0 Å². The zero-order valence-corrected chi connectivity index (χ0v) is 53.2. The van der Waals surface area contributed by atoms with Gasteiger partial charge in [-0.25, -0.2) is 9.97 Å². The van der Waals surface area contributed by atoms with Crippen molar-refractivity contribution in [3.63, 3.8) is 0 Å². The minimum atomic E-state index is -3.47. The summed E-state index contributed by atoms with van der Waals surface area (Å²) in [4.78, 5) is 11.4. The maximum atomic E-state index is 5.81. The van der Waals surface area contributed by atoms with Gasteiger partial charge in [-0.2, -0.15) is 0 Å². The van der Waals surface area contributed by atoms with E-state index < -0.39 is 16.1 Å². The maximum absolute atomic E-state index is 5.81. The SMILES string of the molecule is c1ccc(-c2ccc([Si](c3ccccc3)(c3ccc(-c4ccccc4)cc3)c3cc(-c4cc(-n5c6ccccc6c6ccccc65)nc(-c5ccccc5)n4)cc([Si](c4ccccc4)(c4ccc(-c5ccccc5)cc4)c4ccc(-c5ccccc5)cc4)c3)cc2)cc1. The van der Waals surface area contributed by atoms with Crippen molar-refractivity contribution in [1.82, 2.24) is 14.5 Å². The highest BCUT2D eigenvalue weighted by Gasteiger charge is 2.46. The molecular formula is C88H63N3Si2. The molecule has 0 aliphatic rings. The monoisotopic (exact) mass is 1220 g/mol. The highest BCUT2D eigenvalue weighted by molar-refractivity contribution is 7.22. The number of para-hydroxylation sites is 2. The fraction of sp³-hybridized carbons (Fsp3) is 0. The summed E-state index contributed by atoms with van der Waals surface area (Å²) >= 11 is 0. The van der Waals surface area contributed by atoms with E-state index in [1.54, 1.807) is 0 Å². The van der Waals surface area contributed by atoms with Crippen LogP contribution in [0.1, 0.15) is 0 Å². The summed E-state index contributed by atoms with van der Waals surface area (Å²) in [5.74, 6) is 1.44. The molecule has 0 fully saturated rings. The fourth-order valence-electron chi connectivity index (χ4n) is 14.3. The Morgan fingerprint density at radius 3 is 0.796 bits per heavy atom. The summed E-state index contributed by atoms with van der Waals surface area (Å²) in [5, 5.41) is 12.5. The molecule has 3 nitrogen and oxygen atoms in total. The van der Waals surface area contributed by atoms with Crippen LogP contribution in [0.15, 0.2) is 382 Å². The Balaban J connectivity index is 1.06. The van der Waals surface area contributed by atoms with Gasteiger partial charge in [0.25, 0.3) is 0 Å². The first-order valence-corrected chi connectivity index (χ1v) is 35.9. The summed E-state index contributed by atoms with van der Waals surface area (Å²) in [6.45, 7) is 0. The molecule has 0 saturated heterocycles. The lowest BCUT2D eigenvalue weighted by atomic mass is 10.1. The smallest absolute Gasteiger partial charge is 0.179 e. The number of aromatic nitrogens is 3. The van der Waals surface area contributed by atoms with Crippen LogP contribution in [0, 0.1) is 0 Å². The molecule has 0 amide bonds. The van der Waals surface area contributed by atoms with Crippen LogP contribution in [0.2, 0.25) is 0 Å². The lowest BCUT2D eigenvalue weighted by Gasteiger charge is -2.38. The molecule has 2 aromatic heterocycles. The van der Waals surface area contributed by atoms with Gasteiger partial charge in [-0.15, -0.1) is 0 Å². The Labute approximate surface area is 545 Å². The molecule has 0 unspecified atom stereocenters. The molecule has 2 heterocycles. The van der Waals surface area contributed by atoms with Crippen LogP contribution in [-0.4, -0.2) is 30.7 Å². The number of rotatable bonds is 15. The molecule has 438 valence electrons. The molecular weight excluding hydrogens is 1160 g/mol. The van der Waals surface area contributed by atoms with E-state index in [-0.39, 0.29) is 0 Å². The molecule has 0 aliphatic carbocycles. The summed E-state index contributed by atoms with van der Waals surface area (Å²) in [6.07, 6.45) is 0. The van der Waals surface area contributed by atoms with Crippen molar-refractivity contribution in [1.29, 1.82) is 0 Å². The standard InChI is InChI=1S/C88H63N3Si2/c1-8-26-64(27-9-1)68-44-52-76(53-45-68)92(74-36-18-6-19-37-74,77-54-46-69(47-55-77)65-28-10-2-11-29-65)80-60-73(84-63-87(90-88(89-84)72-34-16-5-17-35-72)91-85-42-24-22-40-82(85)83-41-23-25-43-86(83)91)61-81(62-80)93(75-38-20-7-21-39-75,78-56-48-70(49-57-78)66-30-12-3-13-31-66)79-58-50-71(51-59-79)67-32-14-4-15-33-67/h1-63H. The molecule has 16 rings (SSSR count). The highest BCUT2D eigenvalue weighted by atomic mass is 28.3. The minimum Gasteiger partial charge on any atom is -0.294 e. The highest BCUT2D eigenvalue weighted by Crippen LogP contribution is 2.34. The molecule has 0 spiro atoms. The molecule has 14 aromatic carbocycles. The van der Waals surface area contributed by atoms with Gasteiger partial charge in [0.1, 0.15) is 5.82 Å². The average Bonchev–Trinajstić information content (AvgIpc) is 0.981. The van der Waals surface area contributed by atoms with E-state index in [0.29, 0.717) is 5.82 Å². The average molecular weight is 1220 g/mol. The van der Waals surface area contributed by atoms with E-state index in [1.807, 2.05) is 0 Å². The van der Waals surface area contributed by atoms with Gasteiger partial charge in [-0.3, -0.25) is 4.57 Å². The van der Waals surface area contributed by atoms with Gasteiger partial charge < -0.3 is 0 Å². The normalized spacial score (nSPS) is 11.7. The van der Waals surface area contributed by atoms with Gasteiger partial charge in [0, 0.05) is 28.0 Å². The Morgan fingerprint density at radius 2 is 0.462 bits per heavy atom. The number of hydrogen-bond acceptors (Lipinski definition) is 2. The number of nitrogens with zero attached hydrogens (tertiary/aromatic N) is 3. The van der Waals surface area contributed by atoms with Crippen molar-refractivity contribution in [2.24, 2.45) is 0 Å². The van der Waals surface area contributed by atoms with E-state index in [2.05, 4.69) is 387 Å².